The van der Waals surface area contributed by atoms with Crippen LogP contribution in [0.1, 0.15) is 24.6 Å². The van der Waals surface area contributed by atoms with Crippen LogP contribution >= 0.6 is 23.2 Å². The van der Waals surface area contributed by atoms with E-state index in [4.69, 9.17) is 23.2 Å². The van der Waals surface area contributed by atoms with Crippen LogP contribution in [0.3, 0.4) is 0 Å². The second kappa shape index (κ2) is 6.95. The number of likely N-dealkylation sites (tertiary alicyclic amines) is 1. The maximum atomic E-state index is 12.3. The molecule has 2 heterocycles. The highest BCUT2D eigenvalue weighted by atomic mass is 35.5. The fourth-order valence-electron chi connectivity index (χ4n) is 3.30. The van der Waals surface area contributed by atoms with Gasteiger partial charge in [-0.3, -0.25) is 4.79 Å². The van der Waals surface area contributed by atoms with Crippen molar-refractivity contribution in [3.63, 3.8) is 0 Å². The molecule has 3 rings (SSSR count). The molecule has 0 saturated carbocycles. The molecule has 23 heavy (non-hydrogen) atoms. The van der Waals surface area contributed by atoms with Crippen molar-refractivity contribution in [2.45, 2.75) is 18.9 Å². The lowest BCUT2D eigenvalue weighted by molar-refractivity contribution is -0.910. The van der Waals surface area contributed by atoms with Crippen molar-refractivity contribution >= 4 is 34.8 Å². The predicted octanol–water partition coefficient (Wildman–Crippen LogP) is 2.69. The Morgan fingerprint density at radius 3 is 2.87 bits per heavy atom. The van der Waals surface area contributed by atoms with E-state index in [0.29, 0.717) is 28.3 Å². The lowest BCUT2D eigenvalue weighted by atomic mass is 10.1. The molecule has 0 aliphatic carbocycles. The lowest BCUT2D eigenvalue weighted by Gasteiger charge is -2.21. The van der Waals surface area contributed by atoms with E-state index in [9.17, 15) is 4.79 Å². The number of carbonyl (C=O) groups is 1. The van der Waals surface area contributed by atoms with Crippen molar-refractivity contribution < 1.29 is 9.69 Å². The number of anilines is 1. The molecule has 0 bridgehead atoms. The van der Waals surface area contributed by atoms with Gasteiger partial charge in [0.2, 0.25) is 0 Å². The zero-order valence-electron chi connectivity index (χ0n) is 13.0. The molecule has 6 heteroatoms. The number of hydrogen-bond acceptors (Lipinski definition) is 1. The van der Waals surface area contributed by atoms with Crippen molar-refractivity contribution in [3.8, 4) is 0 Å². The number of rotatable bonds is 4. The molecule has 2 N–H and O–H groups in total. The van der Waals surface area contributed by atoms with Gasteiger partial charge in [0.25, 0.3) is 5.91 Å². The van der Waals surface area contributed by atoms with Gasteiger partial charge >= 0.3 is 0 Å². The van der Waals surface area contributed by atoms with E-state index in [0.717, 1.165) is 19.4 Å². The standard InChI is InChI=1S/C17H19Cl2N3O/c1-21-8-2-4-15(21)16-5-3-9-22(16)11-17(23)20-12-6-7-13(18)14(19)10-12/h2,4,6-8,10,16H,3,5,9,11H2,1H3,(H,20,23)/p+1/t16-/m1/s1. The molecule has 1 aliphatic heterocycles. The largest absolute Gasteiger partial charge is 0.350 e. The Balaban J connectivity index is 1.65. The Kier molecular flexibility index (Phi) is 4.95. The van der Waals surface area contributed by atoms with Crippen molar-refractivity contribution in [1.29, 1.82) is 0 Å². The van der Waals surface area contributed by atoms with Crippen molar-refractivity contribution in [2.75, 3.05) is 18.4 Å². The van der Waals surface area contributed by atoms with Crippen LogP contribution in [0.15, 0.2) is 36.5 Å². The van der Waals surface area contributed by atoms with E-state index in [1.165, 1.54) is 10.6 Å². The molecule has 1 aromatic heterocycles. The minimum atomic E-state index is -0.000465. The Morgan fingerprint density at radius 1 is 1.35 bits per heavy atom. The Morgan fingerprint density at radius 2 is 2.17 bits per heavy atom. The first-order valence-electron chi connectivity index (χ1n) is 7.75. The average molecular weight is 353 g/mol. The van der Waals surface area contributed by atoms with Gasteiger partial charge in [-0.25, -0.2) is 0 Å². The molecule has 1 aromatic carbocycles. The summed E-state index contributed by atoms with van der Waals surface area (Å²) in [4.78, 5) is 13.7. The van der Waals surface area contributed by atoms with Crippen LogP contribution in [0.5, 0.6) is 0 Å². The number of halogens is 2. The van der Waals surface area contributed by atoms with Gasteiger partial charge in [-0.05, 0) is 30.3 Å². The lowest BCUT2D eigenvalue weighted by Crippen LogP contribution is -3.11. The van der Waals surface area contributed by atoms with Crippen LogP contribution in [0.25, 0.3) is 0 Å². The minimum Gasteiger partial charge on any atom is -0.350 e. The number of nitrogens with one attached hydrogen (secondary N) is 2. The summed E-state index contributed by atoms with van der Waals surface area (Å²) < 4.78 is 2.15. The second-order valence-corrected chi connectivity index (χ2v) is 6.82. The van der Waals surface area contributed by atoms with E-state index in [1.54, 1.807) is 18.2 Å². The number of carbonyl (C=O) groups excluding carboxylic acids is 1. The van der Waals surface area contributed by atoms with Crippen LogP contribution in [-0.2, 0) is 11.8 Å². The SMILES string of the molecule is Cn1cccc1[C@H]1CCC[NH+]1CC(=O)Nc1ccc(Cl)c(Cl)c1. The van der Waals surface area contributed by atoms with Crippen LogP contribution in [0.4, 0.5) is 5.69 Å². The summed E-state index contributed by atoms with van der Waals surface area (Å²) in [7, 11) is 2.06. The average Bonchev–Trinajstić information content (AvgIpc) is 3.11. The van der Waals surface area contributed by atoms with E-state index in [2.05, 4.69) is 35.3 Å². The highest BCUT2D eigenvalue weighted by Crippen LogP contribution is 2.25. The summed E-state index contributed by atoms with van der Waals surface area (Å²) >= 11 is 11.9. The normalized spacial score (nSPS) is 20.7. The molecule has 0 spiro atoms. The van der Waals surface area contributed by atoms with Gasteiger partial charge < -0.3 is 14.8 Å². The summed E-state index contributed by atoms with van der Waals surface area (Å²) in [5.41, 5.74) is 1.97. The summed E-state index contributed by atoms with van der Waals surface area (Å²) in [6.45, 7) is 1.47. The number of quaternary nitrogens is 1. The molecule has 2 atom stereocenters. The van der Waals surface area contributed by atoms with Gasteiger partial charge in [0.05, 0.1) is 22.3 Å². The molecule has 1 aliphatic rings. The fraction of sp³-hybridized carbons (Fsp3) is 0.353. The summed E-state index contributed by atoms with van der Waals surface area (Å²) in [6.07, 6.45) is 4.32. The Hall–Kier alpha value is -1.49. The molecule has 1 unspecified atom stereocenters. The Bertz CT molecular complexity index is 714. The summed E-state index contributed by atoms with van der Waals surface area (Å²) in [5.74, 6) is -0.000465. The van der Waals surface area contributed by atoms with Crippen LogP contribution < -0.4 is 10.2 Å². The topological polar surface area (TPSA) is 38.5 Å². The van der Waals surface area contributed by atoms with Crippen LogP contribution in [-0.4, -0.2) is 23.6 Å². The molecule has 122 valence electrons. The van der Waals surface area contributed by atoms with Gasteiger partial charge in [-0.2, -0.15) is 0 Å². The number of aryl methyl sites for hydroxylation is 1. The number of benzene rings is 1. The zero-order chi connectivity index (χ0) is 16.4. The number of nitrogens with zero attached hydrogens (tertiary/aromatic N) is 1. The first kappa shape index (κ1) is 16.4. The summed E-state index contributed by atoms with van der Waals surface area (Å²) in [6, 6.07) is 9.72. The third kappa shape index (κ3) is 3.71. The van der Waals surface area contributed by atoms with Gasteiger partial charge in [0.1, 0.15) is 6.04 Å². The highest BCUT2D eigenvalue weighted by Gasteiger charge is 2.32. The van der Waals surface area contributed by atoms with Crippen molar-refractivity contribution in [2.24, 2.45) is 7.05 Å². The number of aromatic nitrogens is 1. The predicted molar refractivity (Wildman–Crippen MR) is 93.2 cm³/mol. The molecule has 1 saturated heterocycles. The third-order valence-electron chi connectivity index (χ3n) is 4.42. The van der Waals surface area contributed by atoms with Crippen molar-refractivity contribution in [3.05, 3.63) is 52.3 Å². The number of hydrogen-bond donors (Lipinski definition) is 2. The van der Waals surface area contributed by atoms with Crippen molar-refractivity contribution in [1.82, 2.24) is 4.57 Å². The monoisotopic (exact) mass is 352 g/mol. The first-order chi connectivity index (χ1) is 11.0. The van der Waals surface area contributed by atoms with Gasteiger partial charge in [0, 0.05) is 31.8 Å². The quantitative estimate of drug-likeness (QED) is 0.872. The molecular formula is C17H20Cl2N3O+. The zero-order valence-corrected chi connectivity index (χ0v) is 14.5. The summed E-state index contributed by atoms with van der Waals surface area (Å²) in [5, 5.41) is 3.84. The fourth-order valence-corrected chi connectivity index (χ4v) is 3.60. The Labute approximate surface area is 146 Å². The van der Waals surface area contributed by atoms with Crippen LogP contribution in [0.2, 0.25) is 10.0 Å². The number of amides is 1. The van der Waals surface area contributed by atoms with E-state index < -0.39 is 0 Å². The minimum absolute atomic E-state index is 0.000465. The maximum Gasteiger partial charge on any atom is 0.279 e. The van der Waals surface area contributed by atoms with Crippen LogP contribution in [0, 0.1) is 0 Å². The van der Waals surface area contributed by atoms with E-state index in [-0.39, 0.29) is 5.91 Å². The van der Waals surface area contributed by atoms with Gasteiger partial charge in [-0.15, -0.1) is 0 Å². The molecule has 1 fully saturated rings. The second-order valence-electron chi connectivity index (χ2n) is 6.00. The maximum absolute atomic E-state index is 12.3. The van der Waals surface area contributed by atoms with E-state index in [1.807, 2.05) is 0 Å². The smallest absolute Gasteiger partial charge is 0.279 e. The molecular weight excluding hydrogens is 333 g/mol. The molecule has 4 nitrogen and oxygen atoms in total. The third-order valence-corrected chi connectivity index (χ3v) is 5.15. The van der Waals surface area contributed by atoms with Gasteiger partial charge in [-0.1, -0.05) is 23.2 Å². The highest BCUT2D eigenvalue weighted by molar-refractivity contribution is 6.42. The van der Waals surface area contributed by atoms with Gasteiger partial charge in [0.15, 0.2) is 6.54 Å². The molecule has 1 amide bonds. The van der Waals surface area contributed by atoms with E-state index >= 15 is 0 Å². The molecule has 0 radical (unpaired) electrons. The first-order valence-corrected chi connectivity index (χ1v) is 8.51. The molecule has 2 aromatic rings.